The Morgan fingerprint density at radius 1 is 1.33 bits per heavy atom. The van der Waals surface area contributed by atoms with Gasteiger partial charge in [-0.2, -0.15) is 0 Å². The Morgan fingerprint density at radius 3 is 2.67 bits per heavy atom. The summed E-state index contributed by atoms with van der Waals surface area (Å²) in [6.07, 6.45) is 2.94. The first-order valence-electron chi connectivity index (χ1n) is 6.28. The van der Waals surface area contributed by atoms with Crippen molar-refractivity contribution < 1.29 is 5.11 Å². The van der Waals surface area contributed by atoms with Gasteiger partial charge >= 0.3 is 117 Å². The SMILES string of the molecule is C[Se]CCCN=Cc1cccc(C(C)(C)C)c1O. The molecule has 0 saturated carbocycles. The molecule has 1 rings (SSSR count). The van der Waals surface area contributed by atoms with Gasteiger partial charge in [0, 0.05) is 0 Å². The normalized spacial score (nSPS) is 12.2. The molecule has 0 saturated heterocycles. The Hall–Kier alpha value is -0.791. The number of aliphatic imine (C=N–C) groups is 1. The quantitative estimate of drug-likeness (QED) is 0.502. The molecule has 1 N–H and O–H groups in total. The number of rotatable bonds is 5. The van der Waals surface area contributed by atoms with Crippen LogP contribution in [-0.4, -0.2) is 32.8 Å². The molecule has 0 atom stereocenters. The van der Waals surface area contributed by atoms with Gasteiger partial charge in [0.1, 0.15) is 0 Å². The number of benzene rings is 1. The van der Waals surface area contributed by atoms with E-state index in [1.807, 2.05) is 18.2 Å². The number of phenolic OH excluding ortho intramolecular Hbond substituents is 1. The van der Waals surface area contributed by atoms with Crippen LogP contribution in [0.25, 0.3) is 0 Å². The predicted octanol–water partition coefficient (Wildman–Crippen LogP) is 3.67. The molecule has 0 heterocycles. The Balaban J connectivity index is 2.78. The molecule has 2 nitrogen and oxygen atoms in total. The molecular formula is C15H23NOSe. The fourth-order valence-corrected chi connectivity index (χ4v) is 2.61. The predicted molar refractivity (Wildman–Crippen MR) is 80.3 cm³/mol. The molecule has 0 fully saturated rings. The van der Waals surface area contributed by atoms with E-state index in [1.54, 1.807) is 6.21 Å². The van der Waals surface area contributed by atoms with Gasteiger partial charge in [-0.3, -0.25) is 0 Å². The van der Waals surface area contributed by atoms with Gasteiger partial charge in [-0.1, -0.05) is 0 Å². The van der Waals surface area contributed by atoms with Crippen LogP contribution in [0.3, 0.4) is 0 Å². The first-order chi connectivity index (χ1) is 8.46. The number of hydrogen-bond donors (Lipinski definition) is 1. The topological polar surface area (TPSA) is 32.6 Å². The van der Waals surface area contributed by atoms with Crippen LogP contribution in [0.4, 0.5) is 0 Å². The third-order valence-electron chi connectivity index (χ3n) is 2.74. The average molecular weight is 312 g/mol. The van der Waals surface area contributed by atoms with Gasteiger partial charge in [-0.05, 0) is 0 Å². The molecule has 18 heavy (non-hydrogen) atoms. The number of nitrogens with zero attached hydrogens (tertiary/aromatic N) is 1. The summed E-state index contributed by atoms with van der Waals surface area (Å²) in [5, 5.41) is 11.5. The number of phenols is 1. The fourth-order valence-electron chi connectivity index (χ4n) is 1.73. The van der Waals surface area contributed by atoms with Crippen LogP contribution in [0.15, 0.2) is 23.2 Å². The van der Waals surface area contributed by atoms with Gasteiger partial charge in [-0.25, -0.2) is 0 Å². The van der Waals surface area contributed by atoms with Crippen LogP contribution in [-0.2, 0) is 5.41 Å². The monoisotopic (exact) mass is 313 g/mol. The van der Waals surface area contributed by atoms with Crippen molar-refractivity contribution in [1.29, 1.82) is 0 Å². The molecule has 0 aliphatic carbocycles. The molecule has 0 unspecified atom stereocenters. The first kappa shape index (κ1) is 15.3. The van der Waals surface area contributed by atoms with Gasteiger partial charge in [0.05, 0.1) is 0 Å². The second kappa shape index (κ2) is 6.96. The summed E-state index contributed by atoms with van der Waals surface area (Å²) in [5.74, 6) is 2.61. The van der Waals surface area contributed by atoms with Gasteiger partial charge in [-0.15, -0.1) is 0 Å². The number of hydrogen-bond acceptors (Lipinski definition) is 2. The van der Waals surface area contributed by atoms with Crippen LogP contribution >= 0.6 is 0 Å². The second-order valence-electron chi connectivity index (χ2n) is 5.38. The molecule has 0 spiro atoms. The number of para-hydroxylation sites is 1. The van der Waals surface area contributed by atoms with Crippen molar-refractivity contribution in [3.63, 3.8) is 0 Å². The van der Waals surface area contributed by atoms with E-state index in [1.165, 1.54) is 5.32 Å². The molecule has 0 aliphatic heterocycles. The standard InChI is InChI=1S/C15H23NOSe/c1-15(2,3)13-8-5-7-12(14(13)17)11-16-9-6-10-18-4/h5,7-8,11,17H,6,9-10H2,1-4H3. The summed E-state index contributed by atoms with van der Waals surface area (Å²) >= 11 is 0.740. The van der Waals surface area contributed by atoms with Crippen molar-refractivity contribution in [3.05, 3.63) is 29.3 Å². The van der Waals surface area contributed by atoms with E-state index >= 15 is 0 Å². The van der Waals surface area contributed by atoms with E-state index in [-0.39, 0.29) is 5.41 Å². The summed E-state index contributed by atoms with van der Waals surface area (Å²) in [6, 6.07) is 5.88. The van der Waals surface area contributed by atoms with E-state index < -0.39 is 0 Å². The second-order valence-corrected chi connectivity index (χ2v) is 7.44. The molecule has 3 heteroatoms. The zero-order valence-corrected chi connectivity index (χ0v) is 13.4. The van der Waals surface area contributed by atoms with Crippen molar-refractivity contribution in [1.82, 2.24) is 0 Å². The van der Waals surface area contributed by atoms with E-state index in [2.05, 4.69) is 31.6 Å². The molecule has 0 amide bonds. The first-order valence-corrected chi connectivity index (χ1v) is 9.20. The summed E-state index contributed by atoms with van der Waals surface area (Å²) in [4.78, 5) is 4.39. The van der Waals surface area contributed by atoms with Crippen LogP contribution in [0.1, 0.15) is 38.3 Å². The molecule has 1 aromatic carbocycles. The number of aromatic hydroxyl groups is 1. The van der Waals surface area contributed by atoms with Crippen molar-refractivity contribution in [2.45, 2.75) is 43.7 Å². The van der Waals surface area contributed by atoms with Crippen LogP contribution in [0, 0.1) is 0 Å². The summed E-state index contributed by atoms with van der Waals surface area (Å²) in [5.41, 5.74) is 1.76. The zero-order valence-electron chi connectivity index (χ0n) is 11.7. The minimum atomic E-state index is -0.0430. The van der Waals surface area contributed by atoms with E-state index in [0.717, 1.165) is 39.0 Å². The van der Waals surface area contributed by atoms with Crippen molar-refractivity contribution in [2.24, 2.45) is 4.99 Å². The Kier molecular flexibility index (Phi) is 5.90. The fraction of sp³-hybridized carbons (Fsp3) is 0.533. The van der Waals surface area contributed by atoms with Gasteiger partial charge in [0.25, 0.3) is 0 Å². The van der Waals surface area contributed by atoms with Gasteiger partial charge in [0.15, 0.2) is 0 Å². The minimum absolute atomic E-state index is 0.0430. The van der Waals surface area contributed by atoms with Gasteiger partial charge in [0.2, 0.25) is 0 Å². The summed E-state index contributed by atoms with van der Waals surface area (Å²) in [7, 11) is 0. The Labute approximate surface area is 117 Å². The molecule has 100 valence electrons. The molecule has 0 aromatic heterocycles. The average Bonchev–Trinajstić information content (AvgIpc) is 2.29. The van der Waals surface area contributed by atoms with E-state index in [0.29, 0.717) is 5.75 Å². The maximum absolute atomic E-state index is 10.2. The van der Waals surface area contributed by atoms with Crippen molar-refractivity contribution in [3.8, 4) is 5.75 Å². The van der Waals surface area contributed by atoms with Crippen LogP contribution < -0.4 is 0 Å². The molecule has 0 radical (unpaired) electrons. The van der Waals surface area contributed by atoms with Gasteiger partial charge < -0.3 is 0 Å². The molecule has 1 aromatic rings. The zero-order chi connectivity index (χ0) is 13.6. The summed E-state index contributed by atoms with van der Waals surface area (Å²) < 4.78 is 0. The molecular weight excluding hydrogens is 289 g/mol. The van der Waals surface area contributed by atoms with Crippen LogP contribution in [0.5, 0.6) is 5.75 Å². The Morgan fingerprint density at radius 2 is 2.06 bits per heavy atom. The molecule has 0 bridgehead atoms. The van der Waals surface area contributed by atoms with Crippen molar-refractivity contribution in [2.75, 3.05) is 6.54 Å². The van der Waals surface area contributed by atoms with E-state index in [9.17, 15) is 5.11 Å². The van der Waals surface area contributed by atoms with Crippen molar-refractivity contribution >= 4 is 21.2 Å². The Bertz CT molecular complexity index is 407. The van der Waals surface area contributed by atoms with Crippen LogP contribution in [0.2, 0.25) is 11.1 Å². The summed E-state index contributed by atoms with van der Waals surface area (Å²) in [6.45, 7) is 7.17. The maximum atomic E-state index is 10.2. The molecule has 0 aliphatic rings. The van der Waals surface area contributed by atoms with E-state index in [4.69, 9.17) is 0 Å². The third kappa shape index (κ3) is 4.47. The third-order valence-corrected chi connectivity index (χ3v) is 4.20.